The molecule has 2 N–H and O–H groups in total. The van der Waals surface area contributed by atoms with Crippen LogP contribution in [0.3, 0.4) is 0 Å². The molecular formula is C15H20N2O3. The van der Waals surface area contributed by atoms with Gasteiger partial charge in [0.25, 0.3) is 0 Å². The molecule has 0 aliphatic rings. The predicted octanol–water partition coefficient (Wildman–Crippen LogP) is 2.42. The smallest absolute Gasteiger partial charge is 0.330 e. The number of carbonyl (C=O) groups excluding carboxylic acids is 1. The number of nitrogens with one attached hydrogen (secondary N) is 1. The molecular weight excluding hydrogens is 256 g/mol. The van der Waals surface area contributed by atoms with Crippen molar-refractivity contribution >= 4 is 12.0 Å². The van der Waals surface area contributed by atoms with E-state index in [1.807, 2.05) is 6.92 Å². The quantitative estimate of drug-likeness (QED) is 0.751. The van der Waals surface area contributed by atoms with Crippen LogP contribution in [0.4, 0.5) is 4.79 Å². The summed E-state index contributed by atoms with van der Waals surface area (Å²) < 4.78 is 0. The van der Waals surface area contributed by atoms with Gasteiger partial charge in [0.1, 0.15) is 0 Å². The number of carboxylic acids is 1. The van der Waals surface area contributed by atoms with Gasteiger partial charge in [-0.2, -0.15) is 0 Å². The predicted molar refractivity (Wildman–Crippen MR) is 77.4 cm³/mol. The van der Waals surface area contributed by atoms with E-state index in [0.29, 0.717) is 18.7 Å². The summed E-state index contributed by atoms with van der Waals surface area (Å²) in [6, 6.07) is 7.19. The summed E-state index contributed by atoms with van der Waals surface area (Å²) in [6.45, 7) is 6.50. The molecule has 5 nitrogen and oxygen atoms in total. The number of nitrogens with zero attached hydrogens (tertiary/aromatic N) is 1. The average Bonchev–Trinajstić information content (AvgIpc) is 2.45. The first-order valence-corrected chi connectivity index (χ1v) is 6.54. The summed E-state index contributed by atoms with van der Waals surface area (Å²) in [7, 11) is 0. The highest BCUT2D eigenvalue weighted by Gasteiger charge is 2.23. The van der Waals surface area contributed by atoms with E-state index < -0.39 is 18.0 Å². The Bertz CT molecular complexity index is 459. The fourth-order valence-corrected chi connectivity index (χ4v) is 1.85. The lowest BCUT2D eigenvalue weighted by Gasteiger charge is -2.23. The van der Waals surface area contributed by atoms with E-state index in [4.69, 9.17) is 0 Å². The third-order valence-electron chi connectivity index (χ3n) is 2.78. The molecule has 0 heterocycles. The Morgan fingerprint density at radius 3 is 2.55 bits per heavy atom. The van der Waals surface area contributed by atoms with Gasteiger partial charge in [-0.1, -0.05) is 43.3 Å². The topological polar surface area (TPSA) is 69.6 Å². The minimum atomic E-state index is -1.08. The zero-order chi connectivity index (χ0) is 15.0. The highest BCUT2D eigenvalue weighted by atomic mass is 16.4. The molecule has 1 atom stereocenters. The largest absolute Gasteiger partial charge is 0.479 e. The van der Waals surface area contributed by atoms with Gasteiger partial charge >= 0.3 is 12.0 Å². The molecule has 0 saturated heterocycles. The van der Waals surface area contributed by atoms with Gasteiger partial charge in [-0.3, -0.25) is 0 Å². The van der Waals surface area contributed by atoms with Crippen LogP contribution >= 0.6 is 0 Å². The first kappa shape index (κ1) is 15.8. The van der Waals surface area contributed by atoms with Gasteiger partial charge in [-0.15, -0.1) is 6.58 Å². The molecule has 1 aromatic rings. The van der Waals surface area contributed by atoms with Crippen LogP contribution in [0.1, 0.15) is 24.9 Å². The molecule has 0 saturated carbocycles. The number of hydrogen-bond donors (Lipinski definition) is 2. The van der Waals surface area contributed by atoms with Crippen molar-refractivity contribution in [3.8, 4) is 0 Å². The lowest BCUT2D eigenvalue weighted by atomic mass is 10.1. The Morgan fingerprint density at radius 2 is 2.05 bits per heavy atom. The summed E-state index contributed by atoms with van der Waals surface area (Å²) in [5.74, 6) is -1.08. The van der Waals surface area contributed by atoms with Crippen LogP contribution in [0.15, 0.2) is 43.0 Å². The number of hydrogen-bond acceptors (Lipinski definition) is 2. The molecule has 0 radical (unpaired) electrons. The van der Waals surface area contributed by atoms with E-state index in [2.05, 4.69) is 11.9 Å². The molecule has 1 rings (SSSR count). The van der Waals surface area contributed by atoms with Crippen molar-refractivity contribution in [3.63, 3.8) is 0 Å². The van der Waals surface area contributed by atoms with Gasteiger partial charge in [0.05, 0.1) is 0 Å². The highest BCUT2D eigenvalue weighted by molar-refractivity contribution is 5.83. The van der Waals surface area contributed by atoms with Crippen LogP contribution in [-0.4, -0.2) is 35.1 Å². The van der Waals surface area contributed by atoms with E-state index in [1.54, 1.807) is 36.4 Å². The summed E-state index contributed by atoms with van der Waals surface area (Å²) in [6.07, 6.45) is 2.41. The standard InChI is InChI=1S/C15H20N2O3/c1-3-10-17(11-4-2)15(20)16-13(14(18)19)12-8-6-5-7-9-12/h3,5-9,13H,1,4,10-11H2,2H3,(H,16,20)(H,18,19)/t13-/m1/s1. The monoisotopic (exact) mass is 276 g/mol. The fourth-order valence-electron chi connectivity index (χ4n) is 1.85. The number of rotatable bonds is 7. The van der Waals surface area contributed by atoms with Crippen molar-refractivity contribution in [2.45, 2.75) is 19.4 Å². The second kappa shape index (κ2) is 7.99. The van der Waals surface area contributed by atoms with E-state index in [-0.39, 0.29) is 0 Å². The van der Waals surface area contributed by atoms with Gasteiger partial charge in [0.2, 0.25) is 0 Å². The minimum Gasteiger partial charge on any atom is -0.479 e. The highest BCUT2D eigenvalue weighted by Crippen LogP contribution is 2.13. The molecule has 0 unspecified atom stereocenters. The molecule has 0 bridgehead atoms. The maximum Gasteiger partial charge on any atom is 0.330 e. The van der Waals surface area contributed by atoms with Gasteiger partial charge < -0.3 is 15.3 Å². The molecule has 1 aromatic carbocycles. The summed E-state index contributed by atoms with van der Waals surface area (Å²) in [5, 5.41) is 11.8. The molecule has 0 aliphatic carbocycles. The normalized spacial score (nSPS) is 11.4. The molecule has 5 heteroatoms. The number of benzene rings is 1. The third-order valence-corrected chi connectivity index (χ3v) is 2.78. The third kappa shape index (κ3) is 4.42. The molecule has 20 heavy (non-hydrogen) atoms. The maximum absolute atomic E-state index is 12.1. The molecule has 0 spiro atoms. The Kier molecular flexibility index (Phi) is 6.29. The van der Waals surface area contributed by atoms with Crippen molar-refractivity contribution in [1.82, 2.24) is 10.2 Å². The lowest BCUT2D eigenvalue weighted by Crippen LogP contribution is -2.44. The molecule has 108 valence electrons. The second-order valence-corrected chi connectivity index (χ2v) is 4.37. The minimum absolute atomic E-state index is 0.390. The summed E-state index contributed by atoms with van der Waals surface area (Å²) >= 11 is 0. The molecule has 0 fully saturated rings. The zero-order valence-electron chi connectivity index (χ0n) is 11.6. The van der Waals surface area contributed by atoms with Crippen LogP contribution in [-0.2, 0) is 4.79 Å². The average molecular weight is 276 g/mol. The van der Waals surface area contributed by atoms with Gasteiger partial charge in [0, 0.05) is 13.1 Å². The van der Waals surface area contributed by atoms with Crippen LogP contribution in [0.2, 0.25) is 0 Å². The number of carboxylic acid groups (broad SMARTS) is 1. The van der Waals surface area contributed by atoms with Crippen molar-refractivity contribution in [2.24, 2.45) is 0 Å². The van der Waals surface area contributed by atoms with Crippen molar-refractivity contribution in [3.05, 3.63) is 48.6 Å². The summed E-state index contributed by atoms with van der Waals surface area (Å²) in [5.41, 5.74) is 0.545. The van der Waals surface area contributed by atoms with Crippen molar-refractivity contribution < 1.29 is 14.7 Å². The van der Waals surface area contributed by atoms with E-state index in [0.717, 1.165) is 6.42 Å². The van der Waals surface area contributed by atoms with E-state index in [9.17, 15) is 14.7 Å². The van der Waals surface area contributed by atoms with Crippen molar-refractivity contribution in [1.29, 1.82) is 0 Å². The second-order valence-electron chi connectivity index (χ2n) is 4.37. The number of urea groups is 1. The van der Waals surface area contributed by atoms with Gasteiger partial charge in [-0.25, -0.2) is 9.59 Å². The lowest BCUT2D eigenvalue weighted by molar-refractivity contribution is -0.139. The maximum atomic E-state index is 12.1. The first-order valence-electron chi connectivity index (χ1n) is 6.54. The molecule has 0 aromatic heterocycles. The Hall–Kier alpha value is -2.30. The van der Waals surface area contributed by atoms with Gasteiger partial charge in [-0.05, 0) is 12.0 Å². The summed E-state index contributed by atoms with van der Waals surface area (Å²) in [4.78, 5) is 25.0. The Balaban J connectivity index is 2.82. The number of carbonyl (C=O) groups is 2. The van der Waals surface area contributed by atoms with E-state index >= 15 is 0 Å². The van der Waals surface area contributed by atoms with Crippen LogP contribution in [0, 0.1) is 0 Å². The SMILES string of the molecule is C=CCN(CCC)C(=O)N[C@@H](C(=O)O)c1ccccc1. The van der Waals surface area contributed by atoms with Crippen LogP contribution in [0.25, 0.3) is 0 Å². The van der Waals surface area contributed by atoms with Gasteiger partial charge in [0.15, 0.2) is 6.04 Å². The van der Waals surface area contributed by atoms with Crippen LogP contribution in [0.5, 0.6) is 0 Å². The zero-order valence-corrected chi connectivity index (χ0v) is 11.6. The fraction of sp³-hybridized carbons (Fsp3) is 0.333. The van der Waals surface area contributed by atoms with Crippen LogP contribution < -0.4 is 5.32 Å². The Labute approximate surface area is 118 Å². The molecule has 2 amide bonds. The molecule has 0 aliphatic heterocycles. The number of aliphatic carboxylic acids is 1. The first-order chi connectivity index (χ1) is 9.60. The van der Waals surface area contributed by atoms with E-state index in [1.165, 1.54) is 4.90 Å². The number of amides is 2. The Morgan fingerprint density at radius 1 is 1.40 bits per heavy atom. The van der Waals surface area contributed by atoms with Crippen molar-refractivity contribution in [2.75, 3.05) is 13.1 Å².